The van der Waals surface area contributed by atoms with Crippen LogP contribution in [0.15, 0.2) is 54.6 Å². The minimum absolute atomic E-state index is 0.208. The summed E-state index contributed by atoms with van der Waals surface area (Å²) >= 11 is 0. The lowest BCUT2D eigenvalue weighted by atomic mass is 10.0. The largest absolute Gasteiger partial charge is 0.389 e. The van der Waals surface area contributed by atoms with Crippen LogP contribution in [0, 0.1) is 0 Å². The molecule has 1 aliphatic rings. The number of anilines is 1. The second-order valence-corrected chi connectivity index (χ2v) is 5.92. The van der Waals surface area contributed by atoms with E-state index in [2.05, 4.69) is 17.4 Å². The third kappa shape index (κ3) is 4.34. The fourth-order valence-electron chi connectivity index (χ4n) is 2.78. The standard InChI is InChI=1S/C19H22N2O3/c22-17-13-21(10-11-24-14-17)19(23)20-18-9-5-4-8-16(18)12-15-6-2-1-3-7-15/h1-9,17,22H,10-14H2,(H,20,23). The van der Waals surface area contributed by atoms with Crippen LogP contribution in [0.25, 0.3) is 0 Å². The zero-order chi connectivity index (χ0) is 16.8. The topological polar surface area (TPSA) is 61.8 Å². The van der Waals surface area contributed by atoms with Gasteiger partial charge in [-0.15, -0.1) is 0 Å². The van der Waals surface area contributed by atoms with Gasteiger partial charge in [0.05, 0.1) is 25.9 Å². The Hall–Kier alpha value is -2.37. The highest BCUT2D eigenvalue weighted by Crippen LogP contribution is 2.19. The fourth-order valence-corrected chi connectivity index (χ4v) is 2.78. The average Bonchev–Trinajstić information content (AvgIpc) is 2.82. The molecule has 2 amide bonds. The van der Waals surface area contributed by atoms with Gasteiger partial charge in [-0.3, -0.25) is 0 Å². The molecule has 0 aliphatic carbocycles. The molecular weight excluding hydrogens is 304 g/mol. The van der Waals surface area contributed by atoms with Crippen LogP contribution in [-0.2, 0) is 11.2 Å². The van der Waals surface area contributed by atoms with Crippen molar-refractivity contribution in [1.29, 1.82) is 0 Å². The van der Waals surface area contributed by atoms with Gasteiger partial charge in [-0.2, -0.15) is 0 Å². The summed E-state index contributed by atoms with van der Waals surface area (Å²) in [7, 11) is 0. The van der Waals surface area contributed by atoms with Crippen LogP contribution in [0.3, 0.4) is 0 Å². The Bertz CT molecular complexity index is 675. The number of nitrogens with zero attached hydrogens (tertiary/aromatic N) is 1. The van der Waals surface area contributed by atoms with Crippen LogP contribution in [-0.4, -0.2) is 48.4 Å². The fraction of sp³-hybridized carbons (Fsp3) is 0.316. The minimum atomic E-state index is -0.641. The lowest BCUT2D eigenvalue weighted by Crippen LogP contribution is -2.40. The zero-order valence-electron chi connectivity index (χ0n) is 13.5. The molecule has 1 fully saturated rings. The summed E-state index contributed by atoms with van der Waals surface area (Å²) in [6.45, 7) is 1.47. The lowest BCUT2D eigenvalue weighted by molar-refractivity contribution is 0.0575. The molecule has 0 aromatic heterocycles. The number of hydrogen-bond donors (Lipinski definition) is 2. The third-order valence-electron chi connectivity index (χ3n) is 4.03. The Morgan fingerprint density at radius 2 is 1.92 bits per heavy atom. The summed E-state index contributed by atoms with van der Waals surface area (Å²) in [6.07, 6.45) is 0.112. The molecule has 0 saturated carbocycles. The van der Waals surface area contributed by atoms with E-state index in [1.807, 2.05) is 42.5 Å². The molecule has 24 heavy (non-hydrogen) atoms. The quantitative estimate of drug-likeness (QED) is 0.911. The van der Waals surface area contributed by atoms with Crippen molar-refractivity contribution in [2.75, 3.05) is 31.6 Å². The highest BCUT2D eigenvalue weighted by Gasteiger charge is 2.21. The van der Waals surface area contributed by atoms with Gasteiger partial charge in [-0.1, -0.05) is 48.5 Å². The molecule has 1 atom stereocenters. The number of para-hydroxylation sites is 1. The van der Waals surface area contributed by atoms with Crippen molar-refractivity contribution in [2.24, 2.45) is 0 Å². The number of rotatable bonds is 3. The molecule has 1 heterocycles. The summed E-state index contributed by atoms with van der Waals surface area (Å²) in [6, 6.07) is 17.7. The Morgan fingerprint density at radius 1 is 1.17 bits per heavy atom. The van der Waals surface area contributed by atoms with Crippen LogP contribution < -0.4 is 5.32 Å². The number of β-amino-alcohol motifs (C(OH)–C–C–N with tert-alkyl or cyclic N) is 1. The first kappa shape index (κ1) is 16.5. The maximum absolute atomic E-state index is 12.5. The Morgan fingerprint density at radius 3 is 2.75 bits per heavy atom. The molecular formula is C19H22N2O3. The monoisotopic (exact) mass is 326 g/mol. The second-order valence-electron chi connectivity index (χ2n) is 5.92. The molecule has 1 aliphatic heterocycles. The highest BCUT2D eigenvalue weighted by atomic mass is 16.5. The van der Waals surface area contributed by atoms with E-state index in [4.69, 9.17) is 4.74 Å². The molecule has 3 rings (SSSR count). The van der Waals surface area contributed by atoms with Gasteiger partial charge < -0.3 is 20.1 Å². The Balaban J connectivity index is 1.71. The number of nitrogens with one attached hydrogen (secondary N) is 1. The van der Waals surface area contributed by atoms with Gasteiger partial charge in [0.15, 0.2) is 0 Å². The predicted octanol–water partition coefficient (Wildman–Crippen LogP) is 2.50. The molecule has 1 saturated heterocycles. The van der Waals surface area contributed by atoms with Crippen LogP contribution in [0.1, 0.15) is 11.1 Å². The summed E-state index contributed by atoms with van der Waals surface area (Å²) in [5.74, 6) is 0. The smallest absolute Gasteiger partial charge is 0.322 e. The number of hydrogen-bond acceptors (Lipinski definition) is 3. The molecule has 2 aromatic rings. The van der Waals surface area contributed by atoms with Gasteiger partial charge in [0.1, 0.15) is 0 Å². The maximum Gasteiger partial charge on any atom is 0.322 e. The van der Waals surface area contributed by atoms with Crippen molar-refractivity contribution >= 4 is 11.7 Å². The molecule has 5 nitrogen and oxygen atoms in total. The van der Waals surface area contributed by atoms with Crippen LogP contribution in [0.2, 0.25) is 0 Å². The van der Waals surface area contributed by atoms with Crippen molar-refractivity contribution in [1.82, 2.24) is 4.90 Å². The van der Waals surface area contributed by atoms with Crippen LogP contribution in [0.4, 0.5) is 10.5 Å². The van der Waals surface area contributed by atoms with Gasteiger partial charge >= 0.3 is 6.03 Å². The molecule has 1 unspecified atom stereocenters. The van der Waals surface area contributed by atoms with Crippen LogP contribution in [0.5, 0.6) is 0 Å². The number of aliphatic hydroxyl groups is 1. The van der Waals surface area contributed by atoms with Crippen molar-refractivity contribution in [2.45, 2.75) is 12.5 Å². The van der Waals surface area contributed by atoms with Gasteiger partial charge in [0, 0.05) is 12.2 Å². The summed E-state index contributed by atoms with van der Waals surface area (Å²) in [4.78, 5) is 14.1. The highest BCUT2D eigenvalue weighted by molar-refractivity contribution is 5.90. The van der Waals surface area contributed by atoms with Crippen molar-refractivity contribution < 1.29 is 14.6 Å². The molecule has 0 radical (unpaired) electrons. The van der Waals surface area contributed by atoms with E-state index in [9.17, 15) is 9.90 Å². The molecule has 2 aromatic carbocycles. The summed E-state index contributed by atoms with van der Waals surface area (Å²) < 4.78 is 5.27. The van der Waals surface area contributed by atoms with Crippen molar-refractivity contribution in [3.63, 3.8) is 0 Å². The number of carbonyl (C=O) groups excluding carboxylic acids is 1. The number of aliphatic hydroxyl groups excluding tert-OH is 1. The third-order valence-corrected chi connectivity index (χ3v) is 4.03. The first-order valence-electron chi connectivity index (χ1n) is 8.16. The Labute approximate surface area is 141 Å². The molecule has 126 valence electrons. The van der Waals surface area contributed by atoms with Crippen molar-refractivity contribution in [3.05, 3.63) is 65.7 Å². The summed E-state index contributed by atoms with van der Waals surface area (Å²) in [5, 5.41) is 12.7. The van der Waals surface area contributed by atoms with Crippen molar-refractivity contribution in [3.8, 4) is 0 Å². The van der Waals surface area contributed by atoms with Gasteiger partial charge in [0.2, 0.25) is 0 Å². The van der Waals surface area contributed by atoms with Gasteiger partial charge in [0.25, 0.3) is 0 Å². The van der Waals surface area contributed by atoms with E-state index in [1.54, 1.807) is 4.90 Å². The number of carbonyl (C=O) groups is 1. The normalized spacial score (nSPS) is 18.0. The average molecular weight is 326 g/mol. The first-order chi connectivity index (χ1) is 11.7. The lowest BCUT2D eigenvalue weighted by Gasteiger charge is -2.22. The number of ether oxygens (including phenoxy) is 1. The second kappa shape index (κ2) is 7.95. The zero-order valence-corrected chi connectivity index (χ0v) is 13.5. The number of urea groups is 1. The SMILES string of the molecule is O=C(Nc1ccccc1Cc1ccccc1)N1CCOCC(O)C1. The molecule has 0 spiro atoms. The maximum atomic E-state index is 12.5. The minimum Gasteiger partial charge on any atom is -0.389 e. The first-order valence-corrected chi connectivity index (χ1v) is 8.16. The van der Waals surface area contributed by atoms with E-state index in [0.29, 0.717) is 13.2 Å². The number of benzene rings is 2. The van der Waals surface area contributed by atoms with E-state index in [1.165, 1.54) is 5.56 Å². The van der Waals surface area contributed by atoms with E-state index >= 15 is 0 Å². The van der Waals surface area contributed by atoms with Crippen LogP contribution >= 0.6 is 0 Å². The predicted molar refractivity (Wildman–Crippen MR) is 93.1 cm³/mol. The van der Waals surface area contributed by atoms with Gasteiger partial charge in [-0.05, 0) is 23.6 Å². The molecule has 2 N–H and O–H groups in total. The van der Waals surface area contributed by atoms with E-state index < -0.39 is 6.10 Å². The molecule has 0 bridgehead atoms. The van der Waals surface area contributed by atoms with Gasteiger partial charge in [-0.25, -0.2) is 4.79 Å². The summed E-state index contributed by atoms with van der Waals surface area (Å²) in [5.41, 5.74) is 3.05. The van der Waals surface area contributed by atoms with E-state index in [-0.39, 0.29) is 19.2 Å². The van der Waals surface area contributed by atoms with E-state index in [0.717, 1.165) is 17.7 Å². The number of amides is 2. The molecule has 5 heteroatoms. The Kier molecular flexibility index (Phi) is 5.46.